The third-order valence-electron chi connectivity index (χ3n) is 6.67. The Labute approximate surface area is 151 Å². The summed E-state index contributed by atoms with van der Waals surface area (Å²) in [6.07, 6.45) is 15.7. The van der Waals surface area contributed by atoms with Gasteiger partial charge in [0.25, 0.3) is 0 Å². The van der Waals surface area contributed by atoms with Gasteiger partial charge in [0.2, 0.25) is 0 Å². The number of hydrogen-bond acceptors (Lipinski definition) is 2. The molecule has 2 heteroatoms. The van der Waals surface area contributed by atoms with Gasteiger partial charge in [-0.1, -0.05) is 33.1 Å². The van der Waals surface area contributed by atoms with Crippen molar-refractivity contribution >= 4 is 0 Å². The molecule has 0 aromatic rings. The van der Waals surface area contributed by atoms with E-state index in [9.17, 15) is 0 Å². The molecule has 0 heterocycles. The number of fused-ring (bicyclic) bond motifs is 2. The molecule has 2 unspecified atom stereocenters. The molecule has 2 atom stereocenters. The minimum absolute atomic E-state index is 0.689. The van der Waals surface area contributed by atoms with Gasteiger partial charge in [0.1, 0.15) is 0 Å². The van der Waals surface area contributed by atoms with E-state index in [4.69, 9.17) is 4.74 Å². The minimum Gasteiger partial charge on any atom is -0.385 e. The first-order chi connectivity index (χ1) is 11.5. The number of methoxy groups -OCH3 is 1. The summed E-state index contributed by atoms with van der Waals surface area (Å²) in [6, 6.07) is 0. The van der Waals surface area contributed by atoms with Crippen molar-refractivity contribution in [3.05, 3.63) is 0 Å². The normalized spacial score (nSPS) is 33.1. The fraction of sp³-hybridized carbons (Fsp3) is 1.00. The average Bonchev–Trinajstić information content (AvgIpc) is 2.50. The molecule has 2 aliphatic rings. The SMILES string of the molecule is COCCCCCCCN(C)CCC12CC(C)CC(CC(C)C1)C2. The van der Waals surface area contributed by atoms with Crippen LogP contribution in [0.2, 0.25) is 0 Å². The zero-order valence-corrected chi connectivity index (χ0v) is 17.0. The third kappa shape index (κ3) is 6.67. The summed E-state index contributed by atoms with van der Waals surface area (Å²) in [7, 11) is 4.15. The molecule has 0 spiro atoms. The lowest BCUT2D eigenvalue weighted by Gasteiger charge is -2.50. The Morgan fingerprint density at radius 3 is 2.17 bits per heavy atom. The van der Waals surface area contributed by atoms with E-state index in [1.807, 2.05) is 0 Å². The lowest BCUT2D eigenvalue weighted by molar-refractivity contribution is 0.00563. The molecule has 2 bridgehead atoms. The summed E-state index contributed by atoms with van der Waals surface area (Å²) in [6.45, 7) is 8.54. The average molecular weight is 338 g/mol. The predicted molar refractivity (Wildman–Crippen MR) is 104 cm³/mol. The zero-order valence-electron chi connectivity index (χ0n) is 17.0. The van der Waals surface area contributed by atoms with Crippen LogP contribution in [-0.4, -0.2) is 38.8 Å². The number of rotatable bonds is 11. The van der Waals surface area contributed by atoms with Gasteiger partial charge < -0.3 is 9.64 Å². The van der Waals surface area contributed by atoms with Gasteiger partial charge in [0, 0.05) is 13.7 Å². The van der Waals surface area contributed by atoms with Crippen LogP contribution in [0.3, 0.4) is 0 Å². The molecule has 0 amide bonds. The van der Waals surface area contributed by atoms with Crippen molar-refractivity contribution in [2.24, 2.45) is 23.2 Å². The maximum atomic E-state index is 5.12. The van der Waals surface area contributed by atoms with E-state index in [1.54, 1.807) is 7.11 Å². The van der Waals surface area contributed by atoms with Crippen LogP contribution in [0.25, 0.3) is 0 Å². The molecule has 2 saturated carbocycles. The molecule has 2 fully saturated rings. The highest BCUT2D eigenvalue weighted by atomic mass is 16.5. The summed E-state index contributed by atoms with van der Waals surface area (Å²) in [5, 5.41) is 0. The van der Waals surface area contributed by atoms with E-state index in [-0.39, 0.29) is 0 Å². The maximum absolute atomic E-state index is 5.12. The summed E-state index contributed by atoms with van der Waals surface area (Å²) in [5.41, 5.74) is 0.689. The first-order valence-electron chi connectivity index (χ1n) is 10.7. The van der Waals surface area contributed by atoms with Crippen LogP contribution >= 0.6 is 0 Å². The summed E-state index contributed by atoms with van der Waals surface area (Å²) < 4.78 is 5.12. The summed E-state index contributed by atoms with van der Waals surface area (Å²) in [4.78, 5) is 2.61. The molecule has 142 valence electrons. The molecular weight excluding hydrogens is 294 g/mol. The van der Waals surface area contributed by atoms with Crippen LogP contribution in [0.4, 0.5) is 0 Å². The van der Waals surface area contributed by atoms with Crippen molar-refractivity contribution in [3.8, 4) is 0 Å². The molecule has 2 aliphatic carbocycles. The number of hydrogen-bond donors (Lipinski definition) is 0. The van der Waals surface area contributed by atoms with E-state index in [0.29, 0.717) is 5.41 Å². The Kier molecular flexibility index (Phi) is 8.57. The summed E-state index contributed by atoms with van der Waals surface area (Å²) in [5.74, 6) is 2.97. The van der Waals surface area contributed by atoms with Crippen molar-refractivity contribution in [1.82, 2.24) is 4.90 Å². The number of nitrogens with zero attached hydrogens (tertiary/aromatic N) is 1. The van der Waals surface area contributed by atoms with Gasteiger partial charge in [0.05, 0.1) is 0 Å². The second-order valence-electron chi connectivity index (χ2n) is 9.47. The fourth-order valence-corrected chi connectivity index (χ4v) is 5.91. The Hall–Kier alpha value is -0.0800. The lowest BCUT2D eigenvalue weighted by Crippen LogP contribution is -2.41. The second kappa shape index (κ2) is 10.2. The number of ether oxygens (including phenoxy) is 1. The maximum Gasteiger partial charge on any atom is 0.0462 e. The van der Waals surface area contributed by atoms with E-state index in [1.165, 1.54) is 83.7 Å². The second-order valence-corrected chi connectivity index (χ2v) is 9.47. The molecule has 0 aromatic carbocycles. The first kappa shape index (κ1) is 20.2. The molecule has 0 saturated heterocycles. The van der Waals surface area contributed by atoms with Gasteiger partial charge in [-0.25, -0.2) is 0 Å². The Balaban J connectivity index is 1.62. The molecule has 0 radical (unpaired) electrons. The van der Waals surface area contributed by atoms with Crippen LogP contribution < -0.4 is 0 Å². The summed E-state index contributed by atoms with van der Waals surface area (Å²) >= 11 is 0. The van der Waals surface area contributed by atoms with Crippen LogP contribution in [0.1, 0.15) is 84.5 Å². The fourth-order valence-electron chi connectivity index (χ4n) is 5.91. The largest absolute Gasteiger partial charge is 0.385 e. The first-order valence-corrected chi connectivity index (χ1v) is 10.7. The van der Waals surface area contributed by atoms with E-state index in [0.717, 1.165) is 24.4 Å². The Bertz CT molecular complexity index is 323. The van der Waals surface area contributed by atoms with Crippen molar-refractivity contribution in [3.63, 3.8) is 0 Å². The smallest absolute Gasteiger partial charge is 0.0462 e. The van der Waals surface area contributed by atoms with Gasteiger partial charge in [-0.3, -0.25) is 0 Å². The third-order valence-corrected chi connectivity index (χ3v) is 6.67. The molecule has 24 heavy (non-hydrogen) atoms. The Morgan fingerprint density at radius 1 is 0.875 bits per heavy atom. The molecule has 2 rings (SSSR count). The number of unbranched alkanes of at least 4 members (excludes halogenated alkanes) is 4. The van der Waals surface area contributed by atoms with Gasteiger partial charge in [-0.15, -0.1) is 0 Å². The Morgan fingerprint density at radius 2 is 1.50 bits per heavy atom. The standard InChI is InChI=1S/C22H43NO/c1-19-14-21-15-20(2)17-22(16-19,18-21)10-12-23(3)11-8-6-5-7-9-13-24-4/h19-21H,5-18H2,1-4H3. The van der Waals surface area contributed by atoms with Crippen molar-refractivity contribution in [1.29, 1.82) is 0 Å². The zero-order chi connectivity index (χ0) is 17.4. The highest BCUT2D eigenvalue weighted by molar-refractivity contribution is 4.94. The van der Waals surface area contributed by atoms with Gasteiger partial charge in [-0.2, -0.15) is 0 Å². The highest BCUT2D eigenvalue weighted by Crippen LogP contribution is 2.54. The van der Waals surface area contributed by atoms with Crippen LogP contribution in [-0.2, 0) is 4.74 Å². The van der Waals surface area contributed by atoms with Gasteiger partial charge >= 0.3 is 0 Å². The molecule has 2 nitrogen and oxygen atoms in total. The lowest BCUT2D eigenvalue weighted by atomic mass is 9.55. The molecule has 0 aromatic heterocycles. The monoisotopic (exact) mass is 337 g/mol. The highest BCUT2D eigenvalue weighted by Gasteiger charge is 2.43. The van der Waals surface area contributed by atoms with Crippen molar-refractivity contribution in [2.45, 2.75) is 84.5 Å². The van der Waals surface area contributed by atoms with Gasteiger partial charge in [-0.05, 0) is 94.7 Å². The predicted octanol–water partition coefficient (Wildman–Crippen LogP) is 5.76. The van der Waals surface area contributed by atoms with Crippen molar-refractivity contribution in [2.75, 3.05) is 33.9 Å². The van der Waals surface area contributed by atoms with E-state index in [2.05, 4.69) is 25.8 Å². The topological polar surface area (TPSA) is 12.5 Å². The molecular formula is C22H43NO. The van der Waals surface area contributed by atoms with E-state index < -0.39 is 0 Å². The van der Waals surface area contributed by atoms with Gasteiger partial charge in [0.15, 0.2) is 0 Å². The molecule has 0 N–H and O–H groups in total. The van der Waals surface area contributed by atoms with Crippen LogP contribution in [0.5, 0.6) is 0 Å². The van der Waals surface area contributed by atoms with Crippen molar-refractivity contribution < 1.29 is 4.74 Å². The van der Waals surface area contributed by atoms with Crippen LogP contribution in [0.15, 0.2) is 0 Å². The minimum atomic E-state index is 0.689. The van der Waals surface area contributed by atoms with Crippen LogP contribution in [0, 0.1) is 23.2 Å². The van der Waals surface area contributed by atoms with E-state index >= 15 is 0 Å². The molecule has 0 aliphatic heterocycles. The quantitative estimate of drug-likeness (QED) is 0.445.